The van der Waals surface area contributed by atoms with Crippen LogP contribution in [0.4, 0.5) is 0 Å². The predicted molar refractivity (Wildman–Crippen MR) is 73.0 cm³/mol. The van der Waals surface area contributed by atoms with Crippen LogP contribution in [0.3, 0.4) is 0 Å². The summed E-state index contributed by atoms with van der Waals surface area (Å²) in [6, 6.07) is 6.65. The lowest BCUT2D eigenvalue weighted by molar-refractivity contribution is 0.100. The minimum Gasteiger partial charge on any atom is -0.493 e. The van der Waals surface area contributed by atoms with Crippen molar-refractivity contribution in [3.8, 4) is 17.2 Å². The van der Waals surface area contributed by atoms with E-state index in [1.54, 1.807) is 31.2 Å². The highest BCUT2D eigenvalue weighted by atomic mass is 16.5. The molecule has 0 N–H and O–H groups in total. The molecule has 2 rings (SSSR count). The maximum absolute atomic E-state index is 12.4. The molecule has 1 aromatic carbocycles. The van der Waals surface area contributed by atoms with E-state index in [0.29, 0.717) is 28.6 Å². The zero-order valence-electron chi connectivity index (χ0n) is 11.9. The maximum Gasteiger partial charge on any atom is 0.232 e. The molecule has 1 heterocycles. The summed E-state index contributed by atoms with van der Waals surface area (Å²) in [6.07, 6.45) is 0. The van der Waals surface area contributed by atoms with Gasteiger partial charge >= 0.3 is 0 Å². The first-order valence-electron chi connectivity index (χ1n) is 6.02. The lowest BCUT2D eigenvalue weighted by atomic mass is 10.1. The Bertz CT molecular complexity index is 627. The molecule has 5 heteroatoms. The minimum absolute atomic E-state index is 0.257. The van der Waals surface area contributed by atoms with Crippen LogP contribution in [-0.2, 0) is 0 Å². The van der Waals surface area contributed by atoms with Crippen LogP contribution in [0.15, 0.2) is 28.7 Å². The van der Waals surface area contributed by atoms with E-state index in [2.05, 4.69) is 0 Å². The fraction of sp³-hybridized carbons (Fsp3) is 0.267. The molecule has 2 aromatic rings. The predicted octanol–water partition coefficient (Wildman–Crippen LogP) is 2.84. The number of hydrogen-bond acceptors (Lipinski definition) is 5. The summed E-state index contributed by atoms with van der Waals surface area (Å²) in [7, 11) is 4.49. The number of methoxy groups -OCH3 is 3. The summed E-state index contributed by atoms with van der Waals surface area (Å²) in [5.41, 5.74) is 0.361. The molecule has 0 atom stereocenters. The largest absolute Gasteiger partial charge is 0.493 e. The van der Waals surface area contributed by atoms with Crippen LogP contribution >= 0.6 is 0 Å². The third kappa shape index (κ3) is 2.34. The van der Waals surface area contributed by atoms with Crippen molar-refractivity contribution in [2.24, 2.45) is 0 Å². The van der Waals surface area contributed by atoms with Gasteiger partial charge in [-0.2, -0.15) is 0 Å². The first-order valence-corrected chi connectivity index (χ1v) is 6.02. The molecule has 0 amide bonds. The molecule has 0 aliphatic heterocycles. The highest BCUT2D eigenvalue weighted by Gasteiger charge is 2.23. The first-order chi connectivity index (χ1) is 9.62. The Morgan fingerprint density at radius 1 is 0.950 bits per heavy atom. The van der Waals surface area contributed by atoms with Gasteiger partial charge in [0.15, 0.2) is 17.3 Å². The zero-order chi connectivity index (χ0) is 14.7. The van der Waals surface area contributed by atoms with E-state index >= 15 is 0 Å². The summed E-state index contributed by atoms with van der Waals surface area (Å²) in [6.45, 7) is 1.78. The Morgan fingerprint density at radius 2 is 1.65 bits per heavy atom. The molecule has 0 saturated carbocycles. The number of furan rings is 1. The normalized spacial score (nSPS) is 10.2. The van der Waals surface area contributed by atoms with Crippen LogP contribution in [0.1, 0.15) is 21.9 Å². The van der Waals surface area contributed by atoms with Gasteiger partial charge in [-0.05, 0) is 31.2 Å². The number of ketones is 1. The van der Waals surface area contributed by atoms with Gasteiger partial charge in [0, 0.05) is 0 Å². The number of carbonyl (C=O) groups is 1. The molecule has 106 valence electrons. The number of rotatable bonds is 5. The molecule has 20 heavy (non-hydrogen) atoms. The van der Waals surface area contributed by atoms with E-state index in [1.807, 2.05) is 0 Å². The summed E-state index contributed by atoms with van der Waals surface area (Å²) in [4.78, 5) is 12.4. The van der Waals surface area contributed by atoms with Gasteiger partial charge in [-0.1, -0.05) is 0 Å². The molecule has 0 aliphatic rings. The SMILES string of the molecule is COc1ccc(C(=O)c2ccc(C)o2)c(OC)c1OC. The Labute approximate surface area is 117 Å². The number of benzene rings is 1. The highest BCUT2D eigenvalue weighted by Crippen LogP contribution is 2.40. The number of ether oxygens (including phenoxy) is 3. The van der Waals surface area contributed by atoms with Gasteiger partial charge < -0.3 is 18.6 Å². The van der Waals surface area contributed by atoms with Crippen molar-refractivity contribution in [1.82, 2.24) is 0 Å². The van der Waals surface area contributed by atoms with E-state index in [0.717, 1.165) is 0 Å². The number of hydrogen-bond donors (Lipinski definition) is 0. The standard InChI is InChI=1S/C15H16O5/c1-9-5-7-11(20-9)13(16)10-6-8-12(17-2)15(19-4)14(10)18-3/h5-8H,1-4H3. The van der Waals surface area contributed by atoms with Gasteiger partial charge in [0.1, 0.15) is 5.76 Å². The Kier molecular flexibility index (Phi) is 3.98. The second-order valence-corrected chi connectivity index (χ2v) is 4.12. The van der Waals surface area contributed by atoms with E-state index in [4.69, 9.17) is 18.6 Å². The highest BCUT2D eigenvalue weighted by molar-refractivity contribution is 6.09. The lowest BCUT2D eigenvalue weighted by Crippen LogP contribution is -2.05. The van der Waals surface area contributed by atoms with Gasteiger partial charge in [-0.15, -0.1) is 0 Å². The third-order valence-electron chi connectivity index (χ3n) is 2.91. The van der Waals surface area contributed by atoms with E-state index < -0.39 is 0 Å². The molecule has 5 nitrogen and oxygen atoms in total. The summed E-state index contributed by atoms with van der Waals surface area (Å²) in [5.74, 6) is 1.86. The molecule has 0 radical (unpaired) electrons. The van der Waals surface area contributed by atoms with Crippen LogP contribution in [0.2, 0.25) is 0 Å². The van der Waals surface area contributed by atoms with Crippen LogP contribution in [0.25, 0.3) is 0 Å². The Balaban J connectivity index is 2.54. The second kappa shape index (κ2) is 5.69. The van der Waals surface area contributed by atoms with Gasteiger partial charge in [0.2, 0.25) is 11.5 Å². The molecule has 0 spiro atoms. The molecular weight excluding hydrogens is 260 g/mol. The summed E-state index contributed by atoms with van der Waals surface area (Å²) >= 11 is 0. The second-order valence-electron chi connectivity index (χ2n) is 4.12. The molecule has 0 fully saturated rings. The lowest BCUT2D eigenvalue weighted by Gasteiger charge is -2.14. The van der Waals surface area contributed by atoms with Crippen molar-refractivity contribution in [3.05, 3.63) is 41.3 Å². The van der Waals surface area contributed by atoms with Crippen molar-refractivity contribution in [2.75, 3.05) is 21.3 Å². The van der Waals surface area contributed by atoms with Crippen LogP contribution in [-0.4, -0.2) is 27.1 Å². The van der Waals surface area contributed by atoms with Crippen LogP contribution in [0.5, 0.6) is 17.2 Å². The number of aryl methyl sites for hydroxylation is 1. The molecule has 0 saturated heterocycles. The van der Waals surface area contributed by atoms with Crippen LogP contribution < -0.4 is 14.2 Å². The average Bonchev–Trinajstić information content (AvgIpc) is 2.91. The van der Waals surface area contributed by atoms with Crippen molar-refractivity contribution < 1.29 is 23.4 Å². The quantitative estimate of drug-likeness (QED) is 0.786. The van der Waals surface area contributed by atoms with Crippen molar-refractivity contribution in [1.29, 1.82) is 0 Å². The maximum atomic E-state index is 12.4. The van der Waals surface area contributed by atoms with Gasteiger partial charge in [-0.3, -0.25) is 4.79 Å². The van der Waals surface area contributed by atoms with Crippen molar-refractivity contribution in [2.45, 2.75) is 6.92 Å². The van der Waals surface area contributed by atoms with Gasteiger partial charge in [0.05, 0.1) is 26.9 Å². The van der Waals surface area contributed by atoms with Crippen molar-refractivity contribution in [3.63, 3.8) is 0 Å². The van der Waals surface area contributed by atoms with Gasteiger partial charge in [0.25, 0.3) is 0 Å². The molecular formula is C15H16O5. The first kappa shape index (κ1) is 14.0. The fourth-order valence-corrected chi connectivity index (χ4v) is 1.97. The van der Waals surface area contributed by atoms with Gasteiger partial charge in [-0.25, -0.2) is 0 Å². The zero-order valence-corrected chi connectivity index (χ0v) is 11.9. The van der Waals surface area contributed by atoms with E-state index in [9.17, 15) is 4.79 Å². The van der Waals surface area contributed by atoms with E-state index in [-0.39, 0.29) is 11.5 Å². The topological polar surface area (TPSA) is 57.9 Å². The average molecular weight is 276 g/mol. The summed E-state index contributed by atoms with van der Waals surface area (Å²) in [5, 5.41) is 0. The van der Waals surface area contributed by atoms with Crippen LogP contribution in [0, 0.1) is 6.92 Å². The number of carbonyl (C=O) groups excluding carboxylic acids is 1. The monoisotopic (exact) mass is 276 g/mol. The molecule has 1 aromatic heterocycles. The van der Waals surface area contributed by atoms with E-state index in [1.165, 1.54) is 21.3 Å². The van der Waals surface area contributed by atoms with Crippen molar-refractivity contribution >= 4 is 5.78 Å². The Hall–Kier alpha value is -2.43. The molecule has 0 bridgehead atoms. The molecule has 0 unspecified atom stereocenters. The Morgan fingerprint density at radius 3 is 2.15 bits per heavy atom. The molecule has 0 aliphatic carbocycles. The fourth-order valence-electron chi connectivity index (χ4n) is 1.97. The minimum atomic E-state index is -0.268. The smallest absolute Gasteiger partial charge is 0.232 e. The summed E-state index contributed by atoms with van der Waals surface area (Å²) < 4.78 is 21.1. The third-order valence-corrected chi connectivity index (χ3v) is 2.91.